The predicted octanol–water partition coefficient (Wildman–Crippen LogP) is -0.612. The summed E-state index contributed by atoms with van der Waals surface area (Å²) >= 11 is 4.90. The second-order valence-electron chi connectivity index (χ2n) is 2.96. The summed E-state index contributed by atoms with van der Waals surface area (Å²) in [4.78, 5) is 12.4. The lowest BCUT2D eigenvalue weighted by atomic mass is 10.2. The molecule has 1 fully saturated rings. The molecule has 0 aromatic carbocycles. The van der Waals surface area contributed by atoms with E-state index in [1.54, 1.807) is 7.05 Å². The first-order chi connectivity index (χ1) is 6.06. The number of carbonyl (C=O) groups excluding carboxylic acids is 1. The molecular formula is C7H12FN3OS. The molecule has 1 aliphatic heterocycles. The summed E-state index contributed by atoms with van der Waals surface area (Å²) in [5.74, 6) is -0.530. The van der Waals surface area contributed by atoms with Crippen molar-refractivity contribution in [3.63, 3.8) is 0 Å². The number of nitrogens with zero attached hydrogens (tertiary/aromatic N) is 1. The summed E-state index contributed by atoms with van der Waals surface area (Å²) < 4.78 is 12.9. The van der Waals surface area contributed by atoms with E-state index in [1.165, 1.54) is 4.90 Å². The van der Waals surface area contributed by atoms with Gasteiger partial charge in [0.25, 0.3) is 0 Å². The Morgan fingerprint density at radius 3 is 2.85 bits per heavy atom. The molecule has 0 radical (unpaired) electrons. The van der Waals surface area contributed by atoms with Gasteiger partial charge in [-0.25, -0.2) is 4.39 Å². The fourth-order valence-corrected chi connectivity index (χ4v) is 1.62. The fraction of sp³-hybridized carbons (Fsp3) is 0.714. The summed E-state index contributed by atoms with van der Waals surface area (Å²) in [7, 11) is 1.63. The van der Waals surface area contributed by atoms with Crippen molar-refractivity contribution in [2.45, 2.75) is 18.6 Å². The number of carbonyl (C=O) groups is 1. The Morgan fingerprint density at radius 2 is 2.38 bits per heavy atom. The normalized spacial score (nSPS) is 27.4. The molecule has 0 spiro atoms. The smallest absolute Gasteiger partial charge is 0.240 e. The average molecular weight is 205 g/mol. The molecule has 2 atom stereocenters. The number of halogens is 1. The molecule has 0 unspecified atom stereocenters. The van der Waals surface area contributed by atoms with E-state index >= 15 is 0 Å². The van der Waals surface area contributed by atoms with Crippen LogP contribution in [0.1, 0.15) is 6.42 Å². The number of likely N-dealkylation sites (tertiary alicyclic amines) is 1. The van der Waals surface area contributed by atoms with Gasteiger partial charge in [0.05, 0.1) is 6.54 Å². The molecule has 0 aromatic rings. The van der Waals surface area contributed by atoms with Gasteiger partial charge in [0, 0.05) is 13.5 Å². The predicted molar refractivity (Wildman–Crippen MR) is 50.9 cm³/mol. The molecule has 6 heteroatoms. The summed E-state index contributed by atoms with van der Waals surface area (Å²) in [5.41, 5.74) is 5.11. The van der Waals surface area contributed by atoms with Crippen LogP contribution in [0.3, 0.4) is 0 Å². The van der Waals surface area contributed by atoms with Crippen molar-refractivity contribution in [2.75, 3.05) is 13.6 Å². The molecule has 0 aliphatic carbocycles. The topological polar surface area (TPSA) is 58.4 Å². The molecule has 1 heterocycles. The minimum absolute atomic E-state index is 0.136. The molecule has 0 saturated carbocycles. The minimum atomic E-state index is -1.02. The van der Waals surface area contributed by atoms with Crippen LogP contribution in [0.15, 0.2) is 0 Å². The molecule has 1 saturated heterocycles. The van der Waals surface area contributed by atoms with Crippen LogP contribution in [-0.2, 0) is 4.79 Å². The van der Waals surface area contributed by atoms with E-state index in [-0.39, 0.29) is 13.0 Å². The molecule has 3 N–H and O–H groups in total. The zero-order chi connectivity index (χ0) is 10.0. The standard InChI is InChI=1S/C7H12FN3OS/c1-10-7(13)11-3-4(8)2-5(11)6(9)12/h4-5H,2-3H2,1H3,(H2,9,12)(H,10,13)/t4-,5+/m1/s1. The van der Waals surface area contributed by atoms with Gasteiger partial charge < -0.3 is 16.0 Å². The van der Waals surface area contributed by atoms with Crippen molar-refractivity contribution in [3.8, 4) is 0 Å². The fourth-order valence-electron chi connectivity index (χ4n) is 1.42. The van der Waals surface area contributed by atoms with E-state index < -0.39 is 18.1 Å². The third-order valence-corrected chi connectivity index (χ3v) is 2.49. The van der Waals surface area contributed by atoms with Gasteiger partial charge in [-0.1, -0.05) is 0 Å². The van der Waals surface area contributed by atoms with Crippen molar-refractivity contribution in [1.82, 2.24) is 10.2 Å². The van der Waals surface area contributed by atoms with Crippen molar-refractivity contribution < 1.29 is 9.18 Å². The molecule has 13 heavy (non-hydrogen) atoms. The number of hydrogen-bond acceptors (Lipinski definition) is 2. The van der Waals surface area contributed by atoms with Crippen molar-refractivity contribution in [2.24, 2.45) is 5.73 Å². The highest BCUT2D eigenvalue weighted by Gasteiger charge is 2.36. The number of hydrogen-bond donors (Lipinski definition) is 2. The van der Waals surface area contributed by atoms with Crippen LogP contribution in [0.25, 0.3) is 0 Å². The Labute approximate surface area is 81.3 Å². The maximum atomic E-state index is 12.9. The van der Waals surface area contributed by atoms with Crippen LogP contribution in [0.2, 0.25) is 0 Å². The van der Waals surface area contributed by atoms with Crippen molar-refractivity contribution >= 4 is 23.2 Å². The Kier molecular flexibility index (Phi) is 3.02. The SMILES string of the molecule is CNC(=S)N1C[C@H](F)C[C@H]1C(N)=O. The zero-order valence-corrected chi connectivity index (χ0v) is 8.10. The van der Waals surface area contributed by atoms with Crippen LogP contribution < -0.4 is 11.1 Å². The second kappa shape index (κ2) is 3.87. The Hall–Kier alpha value is -0.910. The third kappa shape index (κ3) is 2.06. The molecule has 1 aliphatic rings. The molecule has 1 amide bonds. The van der Waals surface area contributed by atoms with Gasteiger partial charge >= 0.3 is 0 Å². The van der Waals surface area contributed by atoms with Gasteiger partial charge in [-0.15, -0.1) is 0 Å². The number of thiocarbonyl (C=S) groups is 1. The molecule has 1 rings (SSSR count). The summed E-state index contributed by atoms with van der Waals surface area (Å²) in [6, 6.07) is -0.602. The lowest BCUT2D eigenvalue weighted by Gasteiger charge is -2.23. The average Bonchev–Trinajstić information content (AvgIpc) is 2.46. The first kappa shape index (κ1) is 10.2. The number of alkyl halides is 1. The van der Waals surface area contributed by atoms with E-state index in [2.05, 4.69) is 5.32 Å². The Bertz CT molecular complexity index is 236. The van der Waals surface area contributed by atoms with Gasteiger partial charge in [-0.2, -0.15) is 0 Å². The van der Waals surface area contributed by atoms with Gasteiger partial charge in [-0.3, -0.25) is 4.79 Å². The van der Waals surface area contributed by atoms with E-state index in [0.717, 1.165) is 0 Å². The van der Waals surface area contributed by atoms with Crippen LogP contribution in [-0.4, -0.2) is 41.7 Å². The summed E-state index contributed by atoms with van der Waals surface area (Å²) in [6.07, 6.45) is -0.888. The lowest BCUT2D eigenvalue weighted by Crippen LogP contribution is -2.47. The highest BCUT2D eigenvalue weighted by molar-refractivity contribution is 7.80. The highest BCUT2D eigenvalue weighted by Crippen LogP contribution is 2.19. The number of nitrogens with one attached hydrogen (secondary N) is 1. The van der Waals surface area contributed by atoms with E-state index in [1.807, 2.05) is 0 Å². The van der Waals surface area contributed by atoms with Crippen LogP contribution in [0.5, 0.6) is 0 Å². The number of amides is 1. The first-order valence-corrected chi connectivity index (χ1v) is 4.38. The van der Waals surface area contributed by atoms with Crippen LogP contribution >= 0.6 is 12.2 Å². The molecule has 74 valence electrons. The van der Waals surface area contributed by atoms with Gasteiger partial charge in [0.1, 0.15) is 12.2 Å². The number of nitrogens with two attached hydrogens (primary N) is 1. The van der Waals surface area contributed by atoms with E-state index in [4.69, 9.17) is 18.0 Å². The number of primary amides is 1. The first-order valence-electron chi connectivity index (χ1n) is 3.98. The molecular weight excluding hydrogens is 193 g/mol. The molecule has 4 nitrogen and oxygen atoms in total. The van der Waals surface area contributed by atoms with Gasteiger partial charge in [0.2, 0.25) is 5.91 Å². The summed E-state index contributed by atoms with van der Waals surface area (Å²) in [5, 5.41) is 3.06. The minimum Gasteiger partial charge on any atom is -0.368 e. The quantitative estimate of drug-likeness (QED) is 0.561. The largest absolute Gasteiger partial charge is 0.368 e. The zero-order valence-electron chi connectivity index (χ0n) is 7.29. The summed E-state index contributed by atoms with van der Waals surface area (Å²) in [6.45, 7) is 0.146. The van der Waals surface area contributed by atoms with Gasteiger partial charge in [-0.05, 0) is 12.2 Å². The maximum Gasteiger partial charge on any atom is 0.240 e. The highest BCUT2D eigenvalue weighted by atomic mass is 32.1. The van der Waals surface area contributed by atoms with Crippen LogP contribution in [0.4, 0.5) is 4.39 Å². The monoisotopic (exact) mass is 205 g/mol. The molecule has 0 bridgehead atoms. The van der Waals surface area contributed by atoms with Crippen molar-refractivity contribution in [3.05, 3.63) is 0 Å². The van der Waals surface area contributed by atoms with Crippen molar-refractivity contribution in [1.29, 1.82) is 0 Å². The van der Waals surface area contributed by atoms with Gasteiger partial charge in [0.15, 0.2) is 5.11 Å². The van der Waals surface area contributed by atoms with E-state index in [0.29, 0.717) is 5.11 Å². The molecule has 0 aromatic heterocycles. The Balaban J connectivity index is 2.71. The lowest BCUT2D eigenvalue weighted by molar-refractivity contribution is -0.121. The third-order valence-electron chi connectivity index (χ3n) is 2.05. The number of rotatable bonds is 1. The van der Waals surface area contributed by atoms with E-state index in [9.17, 15) is 9.18 Å². The van der Waals surface area contributed by atoms with Crippen LogP contribution in [0, 0.1) is 0 Å². The maximum absolute atomic E-state index is 12.9. The second-order valence-corrected chi connectivity index (χ2v) is 3.35. The Morgan fingerprint density at radius 1 is 1.77 bits per heavy atom.